The summed E-state index contributed by atoms with van der Waals surface area (Å²) in [6.07, 6.45) is 0.957. The predicted molar refractivity (Wildman–Crippen MR) is 75.1 cm³/mol. The van der Waals surface area contributed by atoms with Crippen molar-refractivity contribution in [3.8, 4) is 0 Å². The summed E-state index contributed by atoms with van der Waals surface area (Å²) in [5, 5.41) is 9.10. The van der Waals surface area contributed by atoms with Gasteiger partial charge in [0.15, 0.2) is 0 Å². The number of sulfonamides is 1. The van der Waals surface area contributed by atoms with E-state index in [0.717, 1.165) is 9.87 Å². The molecule has 0 aliphatic carbocycles. The first-order valence-electron chi connectivity index (χ1n) is 6.68. The number of hydrogen-bond donors (Lipinski definition) is 1. The van der Waals surface area contributed by atoms with Gasteiger partial charge in [0.05, 0.1) is 4.90 Å². The highest BCUT2D eigenvalue weighted by Crippen LogP contribution is 2.27. The molecule has 0 spiro atoms. The lowest BCUT2D eigenvalue weighted by molar-refractivity contribution is -0.140. The molecule has 1 N–H and O–H groups in total. The molecule has 6 heteroatoms. The third-order valence-corrected chi connectivity index (χ3v) is 5.56. The van der Waals surface area contributed by atoms with Crippen molar-refractivity contribution in [2.75, 3.05) is 6.54 Å². The second-order valence-corrected chi connectivity index (χ2v) is 7.23. The standard InChI is InChI=1S/C14H19NO4S/c1-10(2)11-5-7-12(8-6-11)20(18,19)15-9-3-4-13(15)14(16)17/h5-8,10,13H,3-4,9H2,1-2H3,(H,16,17)/t13-/m1/s1. The summed E-state index contributed by atoms with van der Waals surface area (Å²) in [5.74, 6) is -0.754. The molecule has 1 aliphatic heterocycles. The van der Waals surface area contributed by atoms with Crippen LogP contribution in [0.25, 0.3) is 0 Å². The van der Waals surface area contributed by atoms with Crippen LogP contribution in [0.5, 0.6) is 0 Å². The van der Waals surface area contributed by atoms with E-state index in [1.807, 2.05) is 13.8 Å². The second kappa shape index (κ2) is 5.54. The highest BCUT2D eigenvalue weighted by molar-refractivity contribution is 7.89. The molecule has 5 nitrogen and oxygen atoms in total. The number of carbonyl (C=O) groups is 1. The summed E-state index contributed by atoms with van der Waals surface area (Å²) >= 11 is 0. The van der Waals surface area contributed by atoms with Crippen molar-refractivity contribution < 1.29 is 18.3 Å². The zero-order valence-corrected chi connectivity index (χ0v) is 12.4. The molecule has 0 bridgehead atoms. The first-order chi connectivity index (χ1) is 9.34. The molecule has 2 rings (SSSR count). The Morgan fingerprint density at radius 3 is 2.40 bits per heavy atom. The topological polar surface area (TPSA) is 74.7 Å². The van der Waals surface area contributed by atoms with E-state index in [4.69, 9.17) is 5.11 Å². The summed E-state index contributed by atoms with van der Waals surface area (Å²) in [4.78, 5) is 11.3. The number of rotatable bonds is 4. The van der Waals surface area contributed by atoms with Gasteiger partial charge in [-0.3, -0.25) is 4.79 Å². The zero-order valence-electron chi connectivity index (χ0n) is 11.6. The van der Waals surface area contributed by atoms with Gasteiger partial charge in [-0.2, -0.15) is 4.31 Å². The monoisotopic (exact) mass is 297 g/mol. The number of aliphatic carboxylic acids is 1. The van der Waals surface area contributed by atoms with E-state index in [2.05, 4.69) is 0 Å². The molecule has 1 aromatic rings. The first-order valence-corrected chi connectivity index (χ1v) is 8.12. The Hall–Kier alpha value is -1.40. The number of nitrogens with zero attached hydrogens (tertiary/aromatic N) is 1. The van der Waals surface area contributed by atoms with Crippen LogP contribution < -0.4 is 0 Å². The molecule has 110 valence electrons. The van der Waals surface area contributed by atoms with Crippen molar-refractivity contribution in [2.24, 2.45) is 0 Å². The van der Waals surface area contributed by atoms with E-state index in [1.165, 1.54) is 0 Å². The Bertz CT molecular complexity index is 592. The lowest BCUT2D eigenvalue weighted by atomic mass is 10.0. The van der Waals surface area contributed by atoms with Crippen LogP contribution in [0.2, 0.25) is 0 Å². The van der Waals surface area contributed by atoms with Gasteiger partial charge >= 0.3 is 5.97 Å². The number of carboxylic acid groups (broad SMARTS) is 1. The molecule has 0 saturated carbocycles. The molecule has 0 amide bonds. The van der Waals surface area contributed by atoms with Gasteiger partial charge in [-0.25, -0.2) is 8.42 Å². The van der Waals surface area contributed by atoms with Gasteiger partial charge in [0, 0.05) is 6.54 Å². The van der Waals surface area contributed by atoms with Gasteiger partial charge in [0.1, 0.15) is 6.04 Å². The largest absolute Gasteiger partial charge is 0.480 e. The minimum atomic E-state index is -3.72. The van der Waals surface area contributed by atoms with Crippen molar-refractivity contribution in [2.45, 2.75) is 43.5 Å². The van der Waals surface area contributed by atoms with Crippen LogP contribution in [0.3, 0.4) is 0 Å². The maximum Gasteiger partial charge on any atom is 0.322 e. The van der Waals surface area contributed by atoms with E-state index in [-0.39, 0.29) is 11.4 Å². The Kier molecular flexibility index (Phi) is 4.15. The molecule has 0 unspecified atom stereocenters. The molecule has 1 atom stereocenters. The van der Waals surface area contributed by atoms with Gasteiger partial charge in [0.2, 0.25) is 10.0 Å². The molecule has 20 heavy (non-hydrogen) atoms. The normalized spacial score (nSPS) is 20.4. The third kappa shape index (κ3) is 2.71. The Balaban J connectivity index is 2.32. The molecule has 1 aromatic carbocycles. The SMILES string of the molecule is CC(C)c1ccc(S(=O)(=O)N2CCC[C@@H]2C(=O)O)cc1. The molecule has 0 aromatic heterocycles. The minimum absolute atomic E-state index is 0.162. The Morgan fingerprint density at radius 2 is 1.90 bits per heavy atom. The van der Waals surface area contributed by atoms with E-state index >= 15 is 0 Å². The molecule has 1 aliphatic rings. The van der Waals surface area contributed by atoms with Crippen molar-refractivity contribution in [3.63, 3.8) is 0 Å². The fourth-order valence-electron chi connectivity index (χ4n) is 2.43. The van der Waals surface area contributed by atoms with Crippen LogP contribution in [-0.4, -0.2) is 36.4 Å². The van der Waals surface area contributed by atoms with E-state index < -0.39 is 22.0 Å². The molecule has 1 fully saturated rings. The zero-order chi connectivity index (χ0) is 14.9. The predicted octanol–water partition coefficient (Wildman–Crippen LogP) is 2.05. The number of hydrogen-bond acceptors (Lipinski definition) is 3. The average Bonchev–Trinajstić information content (AvgIpc) is 2.89. The van der Waals surface area contributed by atoms with Crippen LogP contribution in [0, 0.1) is 0 Å². The van der Waals surface area contributed by atoms with Crippen molar-refractivity contribution >= 4 is 16.0 Å². The molecular formula is C14H19NO4S. The van der Waals surface area contributed by atoms with Crippen molar-refractivity contribution in [3.05, 3.63) is 29.8 Å². The van der Waals surface area contributed by atoms with Crippen LogP contribution in [0.15, 0.2) is 29.2 Å². The smallest absolute Gasteiger partial charge is 0.322 e. The lowest BCUT2D eigenvalue weighted by Crippen LogP contribution is -2.40. The van der Waals surface area contributed by atoms with E-state index in [1.54, 1.807) is 24.3 Å². The fraction of sp³-hybridized carbons (Fsp3) is 0.500. The quantitative estimate of drug-likeness (QED) is 0.923. The highest BCUT2D eigenvalue weighted by Gasteiger charge is 2.39. The van der Waals surface area contributed by atoms with Crippen LogP contribution in [-0.2, 0) is 14.8 Å². The average molecular weight is 297 g/mol. The van der Waals surface area contributed by atoms with Crippen molar-refractivity contribution in [1.82, 2.24) is 4.31 Å². The van der Waals surface area contributed by atoms with Gasteiger partial charge < -0.3 is 5.11 Å². The van der Waals surface area contributed by atoms with Crippen LogP contribution in [0.1, 0.15) is 38.2 Å². The first kappa shape index (κ1) is 15.0. The maximum atomic E-state index is 12.5. The maximum absolute atomic E-state index is 12.5. The Morgan fingerprint density at radius 1 is 1.30 bits per heavy atom. The minimum Gasteiger partial charge on any atom is -0.480 e. The summed E-state index contributed by atoms with van der Waals surface area (Å²) in [6, 6.07) is 5.74. The number of benzene rings is 1. The van der Waals surface area contributed by atoms with Gasteiger partial charge in [0.25, 0.3) is 0 Å². The highest BCUT2D eigenvalue weighted by atomic mass is 32.2. The van der Waals surface area contributed by atoms with Crippen LogP contribution in [0.4, 0.5) is 0 Å². The molecule has 1 heterocycles. The lowest BCUT2D eigenvalue weighted by Gasteiger charge is -2.21. The van der Waals surface area contributed by atoms with E-state index in [9.17, 15) is 13.2 Å². The summed E-state index contributed by atoms with van der Waals surface area (Å²) < 4.78 is 26.1. The summed E-state index contributed by atoms with van der Waals surface area (Å²) in [5.41, 5.74) is 1.06. The van der Waals surface area contributed by atoms with Gasteiger partial charge in [-0.05, 0) is 36.5 Å². The summed E-state index contributed by atoms with van der Waals surface area (Å²) in [7, 11) is -3.72. The third-order valence-electron chi connectivity index (χ3n) is 3.64. The summed E-state index contributed by atoms with van der Waals surface area (Å²) in [6.45, 7) is 4.33. The second-order valence-electron chi connectivity index (χ2n) is 5.34. The van der Waals surface area contributed by atoms with Gasteiger partial charge in [-0.15, -0.1) is 0 Å². The number of carboxylic acids is 1. The molecule has 1 saturated heterocycles. The van der Waals surface area contributed by atoms with Crippen molar-refractivity contribution in [1.29, 1.82) is 0 Å². The molecule has 0 radical (unpaired) electrons. The molecular weight excluding hydrogens is 278 g/mol. The van der Waals surface area contributed by atoms with Gasteiger partial charge in [-0.1, -0.05) is 26.0 Å². The van der Waals surface area contributed by atoms with Crippen LogP contribution >= 0.6 is 0 Å². The fourth-order valence-corrected chi connectivity index (χ4v) is 4.09. The van der Waals surface area contributed by atoms with E-state index in [0.29, 0.717) is 18.8 Å². The Labute approximate surface area is 119 Å².